The van der Waals surface area contributed by atoms with Crippen LogP contribution in [-0.4, -0.2) is 16.5 Å². The molecule has 2 aromatic rings. The summed E-state index contributed by atoms with van der Waals surface area (Å²) >= 11 is 0. The molecule has 0 radical (unpaired) electrons. The number of H-pyrrole nitrogens is 1. The van der Waals surface area contributed by atoms with Crippen LogP contribution in [0, 0.1) is 5.41 Å². The summed E-state index contributed by atoms with van der Waals surface area (Å²) in [5.41, 5.74) is 1.10. The fourth-order valence-corrected chi connectivity index (χ4v) is 2.27. The van der Waals surface area contributed by atoms with Gasteiger partial charge in [0.1, 0.15) is 0 Å². The van der Waals surface area contributed by atoms with Crippen LogP contribution in [0.3, 0.4) is 0 Å². The van der Waals surface area contributed by atoms with Crippen molar-refractivity contribution in [3.05, 3.63) is 34.6 Å². The summed E-state index contributed by atoms with van der Waals surface area (Å²) in [5.74, 6) is 0.582. The van der Waals surface area contributed by atoms with Gasteiger partial charge in [0.2, 0.25) is 5.95 Å². The Bertz CT molecular complexity index is 628. The van der Waals surface area contributed by atoms with Gasteiger partial charge in [-0.05, 0) is 36.8 Å². The van der Waals surface area contributed by atoms with Gasteiger partial charge in [-0.3, -0.25) is 9.78 Å². The molecular formula is C14H17N3O. The number of hydrogen-bond donors (Lipinski definition) is 2. The van der Waals surface area contributed by atoms with Crippen LogP contribution in [0.15, 0.2) is 29.1 Å². The van der Waals surface area contributed by atoms with E-state index in [1.165, 1.54) is 19.3 Å². The minimum absolute atomic E-state index is 0.0792. The molecule has 4 heteroatoms. The third-order valence-corrected chi connectivity index (χ3v) is 3.95. The predicted octanol–water partition coefficient (Wildman–Crippen LogP) is 2.53. The van der Waals surface area contributed by atoms with Gasteiger partial charge in [0.05, 0.1) is 10.9 Å². The smallest absolute Gasteiger partial charge is 0.260 e. The first-order chi connectivity index (χ1) is 8.72. The van der Waals surface area contributed by atoms with Crippen molar-refractivity contribution in [3.63, 3.8) is 0 Å². The van der Waals surface area contributed by atoms with Crippen LogP contribution in [-0.2, 0) is 0 Å². The molecule has 18 heavy (non-hydrogen) atoms. The van der Waals surface area contributed by atoms with Gasteiger partial charge in [0.25, 0.3) is 5.56 Å². The largest absolute Gasteiger partial charge is 0.355 e. The van der Waals surface area contributed by atoms with E-state index in [1.54, 1.807) is 6.07 Å². The van der Waals surface area contributed by atoms with E-state index in [-0.39, 0.29) is 5.56 Å². The molecule has 1 aromatic heterocycles. The Morgan fingerprint density at radius 3 is 2.89 bits per heavy atom. The lowest BCUT2D eigenvalue weighted by Crippen LogP contribution is -2.19. The van der Waals surface area contributed by atoms with E-state index in [0.717, 1.165) is 12.1 Å². The number of hydrogen-bond acceptors (Lipinski definition) is 3. The minimum Gasteiger partial charge on any atom is -0.355 e. The number of benzene rings is 1. The monoisotopic (exact) mass is 243 g/mol. The maximum atomic E-state index is 11.9. The van der Waals surface area contributed by atoms with Crippen LogP contribution in [0.4, 0.5) is 5.95 Å². The van der Waals surface area contributed by atoms with Gasteiger partial charge in [-0.25, -0.2) is 4.98 Å². The average molecular weight is 243 g/mol. The highest BCUT2D eigenvalue weighted by Crippen LogP contribution is 2.48. The van der Waals surface area contributed by atoms with Crippen molar-refractivity contribution >= 4 is 16.9 Å². The second-order valence-corrected chi connectivity index (χ2v) is 5.14. The van der Waals surface area contributed by atoms with Crippen molar-refractivity contribution in [3.8, 4) is 0 Å². The second-order valence-electron chi connectivity index (χ2n) is 5.14. The van der Waals surface area contributed by atoms with E-state index in [0.29, 0.717) is 16.7 Å². The van der Waals surface area contributed by atoms with Gasteiger partial charge in [0, 0.05) is 6.54 Å². The van der Waals surface area contributed by atoms with E-state index >= 15 is 0 Å². The molecule has 1 saturated carbocycles. The van der Waals surface area contributed by atoms with Crippen LogP contribution in [0.5, 0.6) is 0 Å². The first kappa shape index (κ1) is 11.3. The Kier molecular flexibility index (Phi) is 2.58. The SMILES string of the molecule is CCC1(CNc2nc3ccccc3c(=O)[nH]2)CC1. The van der Waals surface area contributed by atoms with Gasteiger partial charge in [-0.15, -0.1) is 0 Å². The number of anilines is 1. The Hall–Kier alpha value is -1.84. The molecule has 0 amide bonds. The summed E-state index contributed by atoms with van der Waals surface area (Å²) in [6, 6.07) is 7.40. The van der Waals surface area contributed by atoms with Gasteiger partial charge < -0.3 is 5.32 Å². The molecule has 0 spiro atoms. The number of nitrogens with one attached hydrogen (secondary N) is 2. The highest BCUT2D eigenvalue weighted by atomic mass is 16.1. The zero-order valence-electron chi connectivity index (χ0n) is 10.5. The summed E-state index contributed by atoms with van der Waals surface area (Å²) in [4.78, 5) is 19.1. The molecule has 2 N–H and O–H groups in total. The zero-order chi connectivity index (χ0) is 12.6. The molecule has 94 valence electrons. The van der Waals surface area contributed by atoms with E-state index in [2.05, 4.69) is 22.2 Å². The lowest BCUT2D eigenvalue weighted by Gasteiger charge is -2.13. The van der Waals surface area contributed by atoms with Gasteiger partial charge in [-0.2, -0.15) is 0 Å². The first-order valence-corrected chi connectivity index (χ1v) is 6.45. The molecule has 1 heterocycles. The Morgan fingerprint density at radius 2 is 2.17 bits per heavy atom. The summed E-state index contributed by atoms with van der Waals surface area (Å²) in [6.45, 7) is 3.11. The molecule has 0 atom stereocenters. The predicted molar refractivity (Wildman–Crippen MR) is 72.8 cm³/mol. The molecule has 0 aliphatic heterocycles. The van der Waals surface area contributed by atoms with Gasteiger partial charge in [-0.1, -0.05) is 19.1 Å². The van der Waals surface area contributed by atoms with E-state index < -0.39 is 0 Å². The minimum atomic E-state index is -0.0792. The lowest BCUT2D eigenvalue weighted by molar-refractivity contribution is 0.520. The third-order valence-electron chi connectivity index (χ3n) is 3.95. The lowest BCUT2D eigenvalue weighted by atomic mass is 10.0. The molecule has 0 saturated heterocycles. The molecule has 1 aliphatic carbocycles. The summed E-state index contributed by atoms with van der Waals surface area (Å²) < 4.78 is 0. The van der Waals surface area contributed by atoms with Gasteiger partial charge >= 0.3 is 0 Å². The number of fused-ring (bicyclic) bond motifs is 1. The summed E-state index contributed by atoms with van der Waals surface area (Å²) in [7, 11) is 0. The Morgan fingerprint density at radius 1 is 1.39 bits per heavy atom. The van der Waals surface area contributed by atoms with E-state index in [1.807, 2.05) is 18.2 Å². The van der Waals surface area contributed by atoms with E-state index in [9.17, 15) is 4.79 Å². The molecule has 1 aliphatic rings. The highest BCUT2D eigenvalue weighted by Gasteiger charge is 2.40. The fourth-order valence-electron chi connectivity index (χ4n) is 2.27. The highest BCUT2D eigenvalue weighted by molar-refractivity contribution is 5.78. The summed E-state index contributed by atoms with van der Waals surface area (Å²) in [6.07, 6.45) is 3.72. The number of aromatic amines is 1. The average Bonchev–Trinajstić information content (AvgIpc) is 3.17. The van der Waals surface area contributed by atoms with Crippen molar-refractivity contribution < 1.29 is 0 Å². The normalized spacial score (nSPS) is 16.7. The third kappa shape index (κ3) is 1.98. The Labute approximate surface area is 105 Å². The van der Waals surface area contributed by atoms with Crippen LogP contribution in [0.25, 0.3) is 10.9 Å². The van der Waals surface area contributed by atoms with Crippen molar-refractivity contribution in [2.24, 2.45) is 5.41 Å². The molecule has 0 unspecified atom stereocenters. The quantitative estimate of drug-likeness (QED) is 0.867. The maximum absolute atomic E-state index is 11.9. The first-order valence-electron chi connectivity index (χ1n) is 6.45. The molecule has 4 nitrogen and oxygen atoms in total. The van der Waals surface area contributed by atoms with Crippen molar-refractivity contribution in [2.45, 2.75) is 26.2 Å². The standard InChI is InChI=1S/C14H17N3O/c1-2-14(7-8-14)9-15-13-16-11-6-4-3-5-10(11)12(18)17-13/h3-6H,2,7-9H2,1H3,(H2,15,16,17,18). The van der Waals surface area contributed by atoms with Crippen LogP contribution >= 0.6 is 0 Å². The number of para-hydroxylation sites is 1. The Balaban J connectivity index is 1.87. The molecule has 1 aromatic carbocycles. The second kappa shape index (κ2) is 4.12. The van der Waals surface area contributed by atoms with Crippen LogP contribution < -0.4 is 10.9 Å². The zero-order valence-corrected chi connectivity index (χ0v) is 10.5. The van der Waals surface area contributed by atoms with Crippen LogP contribution in [0.2, 0.25) is 0 Å². The summed E-state index contributed by atoms with van der Waals surface area (Å²) in [5, 5.41) is 3.90. The molecular weight excluding hydrogens is 226 g/mol. The van der Waals surface area contributed by atoms with Crippen molar-refractivity contribution in [2.75, 3.05) is 11.9 Å². The van der Waals surface area contributed by atoms with Gasteiger partial charge in [0.15, 0.2) is 0 Å². The van der Waals surface area contributed by atoms with Crippen LogP contribution in [0.1, 0.15) is 26.2 Å². The number of rotatable bonds is 4. The van der Waals surface area contributed by atoms with E-state index in [4.69, 9.17) is 0 Å². The molecule has 3 rings (SSSR count). The molecule has 0 bridgehead atoms. The number of aromatic nitrogens is 2. The number of nitrogens with zero attached hydrogens (tertiary/aromatic N) is 1. The maximum Gasteiger partial charge on any atom is 0.260 e. The topological polar surface area (TPSA) is 57.8 Å². The molecule has 1 fully saturated rings. The fraction of sp³-hybridized carbons (Fsp3) is 0.429. The van der Waals surface area contributed by atoms with Crippen molar-refractivity contribution in [1.82, 2.24) is 9.97 Å². The van der Waals surface area contributed by atoms with Crippen molar-refractivity contribution in [1.29, 1.82) is 0 Å².